The number of methoxy groups -OCH3 is 1. The van der Waals surface area contributed by atoms with E-state index in [0.717, 1.165) is 12.5 Å². The van der Waals surface area contributed by atoms with Gasteiger partial charge in [0.15, 0.2) is 0 Å². The standard InChI is InChI=1S/C11H24O4Si/c1-6-7-16(14-8-10(4)13-5)15-11(12)9(2)3/h9-10,16H,6-8H2,1-5H3. The van der Waals surface area contributed by atoms with Crippen LogP contribution >= 0.6 is 0 Å². The minimum Gasteiger partial charge on any atom is -0.496 e. The second kappa shape index (κ2) is 8.72. The number of carbonyl (C=O) groups is 1. The lowest BCUT2D eigenvalue weighted by Crippen LogP contribution is -2.31. The van der Waals surface area contributed by atoms with Gasteiger partial charge in [-0.05, 0) is 13.0 Å². The first-order valence-electron chi connectivity index (χ1n) is 5.86. The van der Waals surface area contributed by atoms with Gasteiger partial charge in [-0.25, -0.2) is 0 Å². The first kappa shape index (κ1) is 15.6. The molecule has 0 radical (unpaired) electrons. The SMILES string of the molecule is CCC[SiH](OCC(C)OC)OC(=O)C(C)C. The zero-order valence-electron chi connectivity index (χ0n) is 11.0. The zero-order valence-corrected chi connectivity index (χ0v) is 12.1. The highest BCUT2D eigenvalue weighted by Gasteiger charge is 2.20. The molecule has 0 aromatic heterocycles. The van der Waals surface area contributed by atoms with Gasteiger partial charge in [-0.3, -0.25) is 4.79 Å². The van der Waals surface area contributed by atoms with Crippen LogP contribution in [0.3, 0.4) is 0 Å². The van der Waals surface area contributed by atoms with Crippen molar-refractivity contribution in [2.75, 3.05) is 13.7 Å². The van der Waals surface area contributed by atoms with Crippen molar-refractivity contribution in [1.29, 1.82) is 0 Å². The lowest BCUT2D eigenvalue weighted by molar-refractivity contribution is -0.139. The van der Waals surface area contributed by atoms with Crippen molar-refractivity contribution >= 4 is 15.3 Å². The van der Waals surface area contributed by atoms with Gasteiger partial charge in [0.25, 0.3) is 5.97 Å². The number of hydrogen-bond donors (Lipinski definition) is 0. The quantitative estimate of drug-likeness (QED) is 0.615. The van der Waals surface area contributed by atoms with Crippen LogP contribution < -0.4 is 0 Å². The fraction of sp³-hybridized carbons (Fsp3) is 0.909. The van der Waals surface area contributed by atoms with Crippen molar-refractivity contribution in [3.8, 4) is 0 Å². The Kier molecular flexibility index (Phi) is 8.51. The van der Waals surface area contributed by atoms with E-state index in [9.17, 15) is 4.79 Å². The first-order valence-corrected chi connectivity index (χ1v) is 7.62. The average molecular weight is 248 g/mol. The van der Waals surface area contributed by atoms with Crippen LogP contribution in [-0.2, 0) is 18.4 Å². The normalized spacial score (nSPS) is 14.9. The Balaban J connectivity index is 4.01. The lowest BCUT2D eigenvalue weighted by atomic mass is 10.2. The molecular formula is C11H24O4Si. The number of rotatable bonds is 8. The minimum atomic E-state index is -1.85. The van der Waals surface area contributed by atoms with Crippen LogP contribution in [0, 0.1) is 5.92 Å². The lowest BCUT2D eigenvalue weighted by Gasteiger charge is -2.19. The molecule has 0 fully saturated rings. The molecule has 0 amide bonds. The van der Waals surface area contributed by atoms with E-state index >= 15 is 0 Å². The van der Waals surface area contributed by atoms with Crippen molar-refractivity contribution in [2.45, 2.75) is 46.3 Å². The second-order valence-electron chi connectivity index (χ2n) is 4.19. The molecule has 0 saturated heterocycles. The Labute approximate surface area is 100 Å². The summed E-state index contributed by atoms with van der Waals surface area (Å²) in [6, 6.07) is 0.856. The van der Waals surface area contributed by atoms with Crippen LogP contribution in [0.5, 0.6) is 0 Å². The van der Waals surface area contributed by atoms with E-state index in [1.54, 1.807) is 7.11 Å². The molecule has 0 heterocycles. The molecule has 16 heavy (non-hydrogen) atoms. The molecule has 5 heteroatoms. The number of ether oxygens (including phenoxy) is 1. The van der Waals surface area contributed by atoms with E-state index < -0.39 is 9.28 Å². The second-order valence-corrected chi connectivity index (χ2v) is 6.19. The third-order valence-electron chi connectivity index (χ3n) is 2.16. The first-order chi connectivity index (χ1) is 7.51. The Morgan fingerprint density at radius 3 is 2.38 bits per heavy atom. The molecule has 2 atom stereocenters. The molecule has 0 rings (SSSR count). The van der Waals surface area contributed by atoms with Gasteiger partial charge in [0, 0.05) is 13.0 Å². The topological polar surface area (TPSA) is 44.8 Å². The van der Waals surface area contributed by atoms with Gasteiger partial charge in [-0.15, -0.1) is 0 Å². The summed E-state index contributed by atoms with van der Waals surface area (Å²) >= 11 is 0. The van der Waals surface area contributed by atoms with Crippen molar-refractivity contribution in [1.82, 2.24) is 0 Å². The largest absolute Gasteiger partial charge is 0.496 e. The highest BCUT2D eigenvalue weighted by atomic mass is 28.3. The van der Waals surface area contributed by atoms with E-state index in [2.05, 4.69) is 6.92 Å². The summed E-state index contributed by atoms with van der Waals surface area (Å²) in [5.74, 6) is -0.245. The summed E-state index contributed by atoms with van der Waals surface area (Å²) in [5.41, 5.74) is 0. The third-order valence-corrected chi connectivity index (χ3v) is 4.27. The summed E-state index contributed by atoms with van der Waals surface area (Å²) in [5, 5.41) is 0. The maximum absolute atomic E-state index is 11.4. The van der Waals surface area contributed by atoms with Gasteiger partial charge >= 0.3 is 9.28 Å². The molecule has 0 bridgehead atoms. The summed E-state index contributed by atoms with van der Waals surface area (Å²) in [6.45, 7) is 8.15. The van der Waals surface area contributed by atoms with Crippen molar-refractivity contribution in [2.24, 2.45) is 5.92 Å². The molecule has 0 aliphatic rings. The van der Waals surface area contributed by atoms with E-state index in [0.29, 0.717) is 6.61 Å². The predicted molar refractivity (Wildman–Crippen MR) is 65.6 cm³/mol. The van der Waals surface area contributed by atoms with E-state index in [1.165, 1.54) is 0 Å². The van der Waals surface area contributed by atoms with Gasteiger partial charge in [0.1, 0.15) is 0 Å². The van der Waals surface area contributed by atoms with Crippen LogP contribution in [0.25, 0.3) is 0 Å². The third kappa shape index (κ3) is 6.98. The average Bonchev–Trinajstić information content (AvgIpc) is 2.25. The van der Waals surface area contributed by atoms with Crippen LogP contribution in [0.15, 0.2) is 0 Å². The molecule has 2 unspecified atom stereocenters. The van der Waals surface area contributed by atoms with E-state index in [1.807, 2.05) is 20.8 Å². The van der Waals surface area contributed by atoms with Gasteiger partial charge in [0.05, 0.1) is 12.7 Å². The smallest absolute Gasteiger partial charge is 0.385 e. The van der Waals surface area contributed by atoms with Crippen LogP contribution in [-0.4, -0.2) is 35.1 Å². The van der Waals surface area contributed by atoms with E-state index in [4.69, 9.17) is 13.6 Å². The van der Waals surface area contributed by atoms with Crippen LogP contribution in [0.1, 0.15) is 34.1 Å². The number of carbonyl (C=O) groups excluding carboxylic acids is 1. The molecule has 0 aromatic rings. The van der Waals surface area contributed by atoms with Gasteiger partial charge < -0.3 is 13.6 Å². The molecule has 0 aromatic carbocycles. The van der Waals surface area contributed by atoms with E-state index in [-0.39, 0.29) is 18.0 Å². The fourth-order valence-corrected chi connectivity index (χ4v) is 2.83. The Bertz CT molecular complexity index is 196. The molecule has 0 spiro atoms. The predicted octanol–water partition coefficient (Wildman–Crippen LogP) is 1.87. The molecular weight excluding hydrogens is 224 g/mol. The molecule has 0 aliphatic heterocycles. The fourth-order valence-electron chi connectivity index (χ4n) is 0.988. The van der Waals surface area contributed by atoms with Crippen LogP contribution in [0.2, 0.25) is 6.04 Å². The summed E-state index contributed by atoms with van der Waals surface area (Å²) in [4.78, 5) is 11.4. The summed E-state index contributed by atoms with van der Waals surface area (Å²) in [6.07, 6.45) is 1.02. The van der Waals surface area contributed by atoms with Crippen molar-refractivity contribution in [3.05, 3.63) is 0 Å². The highest BCUT2D eigenvalue weighted by Crippen LogP contribution is 2.06. The van der Waals surface area contributed by atoms with Crippen molar-refractivity contribution < 1.29 is 18.4 Å². The summed E-state index contributed by atoms with van der Waals surface area (Å²) < 4.78 is 16.1. The highest BCUT2D eigenvalue weighted by molar-refractivity contribution is 6.46. The molecule has 4 nitrogen and oxygen atoms in total. The minimum absolute atomic E-state index is 0.0459. The summed E-state index contributed by atoms with van der Waals surface area (Å²) in [7, 11) is -0.204. The van der Waals surface area contributed by atoms with Crippen LogP contribution in [0.4, 0.5) is 0 Å². The Morgan fingerprint density at radius 1 is 1.31 bits per heavy atom. The maximum atomic E-state index is 11.4. The Morgan fingerprint density at radius 2 is 1.94 bits per heavy atom. The number of hydrogen-bond acceptors (Lipinski definition) is 4. The maximum Gasteiger partial charge on any atom is 0.385 e. The molecule has 96 valence electrons. The molecule has 0 aliphatic carbocycles. The van der Waals surface area contributed by atoms with Gasteiger partial charge in [0.2, 0.25) is 0 Å². The molecule has 0 saturated carbocycles. The monoisotopic (exact) mass is 248 g/mol. The van der Waals surface area contributed by atoms with Gasteiger partial charge in [-0.1, -0.05) is 27.2 Å². The Hall–Kier alpha value is -0.393. The van der Waals surface area contributed by atoms with Gasteiger partial charge in [-0.2, -0.15) is 0 Å². The zero-order chi connectivity index (χ0) is 12.6. The van der Waals surface area contributed by atoms with Crippen molar-refractivity contribution in [3.63, 3.8) is 0 Å². The molecule has 0 N–H and O–H groups in total.